The van der Waals surface area contributed by atoms with E-state index >= 15 is 0 Å². The Balaban J connectivity index is 0.000000367. The molecule has 0 spiro atoms. The Morgan fingerprint density at radius 3 is 2.50 bits per heavy atom. The van der Waals surface area contributed by atoms with Gasteiger partial charge in [0.25, 0.3) is 0 Å². The number of phenols is 1. The van der Waals surface area contributed by atoms with Crippen LogP contribution in [0.5, 0.6) is 5.75 Å². The standard InChI is InChI=1S/C13H8O2.BF2/c14-10-6-4-8-2-1-3-9-5-7-11(15)13(10)12(8)9;2-1-3/h1-7,14H;. The van der Waals surface area contributed by atoms with Gasteiger partial charge in [-0.1, -0.05) is 30.3 Å². The molecule has 0 amide bonds. The Kier molecular flexibility index (Phi) is 3.41. The maximum Gasteiger partial charge on any atom is 0.577 e. The van der Waals surface area contributed by atoms with Crippen molar-refractivity contribution in [3.05, 3.63) is 47.5 Å². The SMILES string of the molecule is F[B]F.O=C1C=Cc2cccc3ccc(O)c1c23. The van der Waals surface area contributed by atoms with Gasteiger partial charge in [-0.25, -0.2) is 0 Å². The summed E-state index contributed by atoms with van der Waals surface area (Å²) in [6.45, 7) is 0. The van der Waals surface area contributed by atoms with E-state index in [2.05, 4.69) is 0 Å². The van der Waals surface area contributed by atoms with E-state index < -0.39 is 7.83 Å². The highest BCUT2D eigenvalue weighted by molar-refractivity contribution is 6.21. The second kappa shape index (κ2) is 5.00. The number of carbonyl (C=O) groups is 1. The number of allylic oxidation sites excluding steroid dienone is 1. The lowest BCUT2D eigenvalue weighted by atomic mass is 9.92. The van der Waals surface area contributed by atoms with E-state index in [0.29, 0.717) is 5.56 Å². The van der Waals surface area contributed by atoms with Crippen LogP contribution in [0.4, 0.5) is 8.63 Å². The summed E-state index contributed by atoms with van der Waals surface area (Å²) in [5.74, 6) is -0.0684. The molecule has 1 N–H and O–H groups in total. The van der Waals surface area contributed by atoms with Crippen LogP contribution in [-0.4, -0.2) is 18.7 Å². The molecule has 2 aromatic rings. The van der Waals surface area contributed by atoms with Gasteiger partial charge in [-0.3, -0.25) is 13.4 Å². The van der Waals surface area contributed by atoms with E-state index in [1.54, 1.807) is 12.1 Å². The number of phenolic OH excluding ortho intramolecular Hbond substituents is 1. The average Bonchev–Trinajstić information content (AvgIpc) is 2.37. The molecule has 89 valence electrons. The Morgan fingerprint density at radius 1 is 1.06 bits per heavy atom. The smallest absolute Gasteiger partial charge is 0.507 e. The summed E-state index contributed by atoms with van der Waals surface area (Å²) in [5, 5.41) is 11.5. The second-order valence-electron chi connectivity index (χ2n) is 3.69. The molecule has 0 fully saturated rings. The fraction of sp³-hybridized carbons (Fsp3) is 0. The molecular weight excluding hydrogens is 237 g/mol. The Labute approximate surface area is 103 Å². The van der Waals surface area contributed by atoms with Crippen LogP contribution in [0.3, 0.4) is 0 Å². The van der Waals surface area contributed by atoms with Crippen molar-refractivity contribution in [2.24, 2.45) is 0 Å². The zero-order valence-corrected chi connectivity index (χ0v) is 9.23. The molecule has 3 rings (SSSR count). The molecule has 0 aromatic heterocycles. The third-order valence-corrected chi connectivity index (χ3v) is 2.72. The maximum atomic E-state index is 11.6. The minimum atomic E-state index is -1.00. The predicted octanol–water partition coefficient (Wildman–Crippen LogP) is 3.21. The first-order valence-electron chi connectivity index (χ1n) is 5.18. The topological polar surface area (TPSA) is 37.3 Å². The molecule has 0 heterocycles. The number of aromatic hydroxyl groups is 1. The number of halogens is 2. The molecule has 0 atom stereocenters. The van der Waals surface area contributed by atoms with Gasteiger partial charge in [-0.15, -0.1) is 0 Å². The first-order valence-corrected chi connectivity index (χ1v) is 5.18. The molecule has 0 bridgehead atoms. The van der Waals surface area contributed by atoms with Crippen molar-refractivity contribution in [2.75, 3.05) is 0 Å². The lowest BCUT2D eigenvalue weighted by Gasteiger charge is -2.12. The summed E-state index contributed by atoms with van der Waals surface area (Å²) in [6, 6.07) is 9.21. The molecule has 1 aliphatic rings. The number of ketones is 1. The third kappa shape index (κ3) is 1.99. The van der Waals surface area contributed by atoms with Crippen molar-refractivity contribution in [2.45, 2.75) is 0 Å². The van der Waals surface area contributed by atoms with E-state index in [0.717, 1.165) is 16.3 Å². The highest BCUT2D eigenvalue weighted by Crippen LogP contribution is 2.33. The summed E-state index contributed by atoms with van der Waals surface area (Å²) >= 11 is 0. The van der Waals surface area contributed by atoms with Crippen molar-refractivity contribution in [1.82, 2.24) is 0 Å². The van der Waals surface area contributed by atoms with Crippen molar-refractivity contribution >= 4 is 30.5 Å². The summed E-state index contributed by atoms with van der Waals surface area (Å²) in [4.78, 5) is 11.6. The number of rotatable bonds is 0. The minimum absolute atomic E-state index is 0.0595. The summed E-state index contributed by atoms with van der Waals surface area (Å²) in [5.41, 5.74) is 1.41. The lowest BCUT2D eigenvalue weighted by Crippen LogP contribution is -2.01. The van der Waals surface area contributed by atoms with E-state index in [1.807, 2.05) is 24.3 Å². The molecule has 0 saturated carbocycles. The van der Waals surface area contributed by atoms with Crippen LogP contribution >= 0.6 is 0 Å². The number of benzene rings is 2. The van der Waals surface area contributed by atoms with Gasteiger partial charge in [-0.2, -0.15) is 0 Å². The van der Waals surface area contributed by atoms with Gasteiger partial charge in [0.05, 0.1) is 5.56 Å². The van der Waals surface area contributed by atoms with Gasteiger partial charge in [0.15, 0.2) is 5.78 Å². The largest absolute Gasteiger partial charge is 0.577 e. The Morgan fingerprint density at radius 2 is 1.78 bits per heavy atom. The van der Waals surface area contributed by atoms with Gasteiger partial charge in [0, 0.05) is 5.39 Å². The molecular formula is C13H8BF2O2. The molecule has 1 aliphatic carbocycles. The predicted molar refractivity (Wildman–Crippen MR) is 66.9 cm³/mol. The van der Waals surface area contributed by atoms with Crippen LogP contribution in [0, 0.1) is 0 Å². The van der Waals surface area contributed by atoms with Crippen LogP contribution in [0.25, 0.3) is 16.8 Å². The van der Waals surface area contributed by atoms with Gasteiger partial charge >= 0.3 is 7.83 Å². The van der Waals surface area contributed by atoms with Crippen LogP contribution in [0.2, 0.25) is 0 Å². The normalized spacial score (nSPS) is 12.0. The van der Waals surface area contributed by atoms with E-state index in [-0.39, 0.29) is 11.5 Å². The highest BCUT2D eigenvalue weighted by atomic mass is 19.2. The molecule has 2 nitrogen and oxygen atoms in total. The fourth-order valence-electron chi connectivity index (χ4n) is 2.03. The van der Waals surface area contributed by atoms with Crippen LogP contribution < -0.4 is 0 Å². The molecule has 1 radical (unpaired) electrons. The zero-order chi connectivity index (χ0) is 13.1. The average molecular weight is 245 g/mol. The van der Waals surface area contributed by atoms with E-state index in [9.17, 15) is 18.5 Å². The van der Waals surface area contributed by atoms with Crippen molar-refractivity contribution < 1.29 is 18.5 Å². The van der Waals surface area contributed by atoms with E-state index in [4.69, 9.17) is 0 Å². The van der Waals surface area contributed by atoms with Gasteiger partial charge in [0.1, 0.15) is 5.75 Å². The summed E-state index contributed by atoms with van der Waals surface area (Å²) in [7, 11) is -1.00. The molecule has 0 saturated heterocycles. The zero-order valence-electron chi connectivity index (χ0n) is 9.23. The van der Waals surface area contributed by atoms with Crippen molar-refractivity contribution in [3.63, 3.8) is 0 Å². The van der Waals surface area contributed by atoms with Crippen LogP contribution in [0.15, 0.2) is 36.4 Å². The molecule has 2 aromatic carbocycles. The minimum Gasteiger partial charge on any atom is -0.507 e. The molecule has 18 heavy (non-hydrogen) atoms. The fourth-order valence-corrected chi connectivity index (χ4v) is 2.03. The Hall–Kier alpha value is -2.17. The van der Waals surface area contributed by atoms with Gasteiger partial charge in [-0.05, 0) is 23.1 Å². The van der Waals surface area contributed by atoms with E-state index in [1.165, 1.54) is 6.08 Å². The van der Waals surface area contributed by atoms with Crippen LogP contribution in [-0.2, 0) is 0 Å². The quantitative estimate of drug-likeness (QED) is 0.723. The number of hydrogen-bond acceptors (Lipinski definition) is 2. The van der Waals surface area contributed by atoms with Gasteiger partial charge in [0.2, 0.25) is 0 Å². The van der Waals surface area contributed by atoms with Crippen molar-refractivity contribution in [3.8, 4) is 5.75 Å². The Bertz CT molecular complexity index is 638. The first kappa shape index (κ1) is 12.3. The molecule has 0 aliphatic heterocycles. The third-order valence-electron chi connectivity index (χ3n) is 2.72. The summed E-state index contributed by atoms with van der Waals surface area (Å²) < 4.78 is 19.0. The second-order valence-corrected chi connectivity index (χ2v) is 3.69. The van der Waals surface area contributed by atoms with Gasteiger partial charge < -0.3 is 5.11 Å². The monoisotopic (exact) mass is 245 g/mol. The lowest BCUT2D eigenvalue weighted by molar-refractivity contribution is 0.104. The summed E-state index contributed by atoms with van der Waals surface area (Å²) in [6.07, 6.45) is 3.29. The number of carbonyl (C=O) groups excluding carboxylic acids is 1. The molecule has 0 unspecified atom stereocenters. The first-order chi connectivity index (χ1) is 8.69. The van der Waals surface area contributed by atoms with Crippen molar-refractivity contribution in [1.29, 1.82) is 0 Å². The van der Waals surface area contributed by atoms with Crippen LogP contribution in [0.1, 0.15) is 15.9 Å². The highest BCUT2D eigenvalue weighted by Gasteiger charge is 2.18. The number of hydrogen-bond donors (Lipinski definition) is 1. The molecule has 5 heteroatoms. The maximum absolute atomic E-state index is 11.6.